The van der Waals surface area contributed by atoms with Gasteiger partial charge in [0.2, 0.25) is 11.8 Å². The number of aliphatic imine (C=N–C) groups is 2. The number of benzene rings is 6. The van der Waals surface area contributed by atoms with Gasteiger partial charge in [0.05, 0.1) is 0 Å². The van der Waals surface area contributed by atoms with Crippen molar-refractivity contribution in [2.24, 2.45) is 15.4 Å². The van der Waals surface area contributed by atoms with Crippen molar-refractivity contribution in [1.29, 1.82) is 0 Å². The number of ether oxygens (including phenoxy) is 2. The Kier molecular flexibility index (Phi) is 7.72. The molecule has 240 valence electrons. The van der Waals surface area contributed by atoms with E-state index < -0.39 is 16.6 Å². The third-order valence-electron chi connectivity index (χ3n) is 9.89. The van der Waals surface area contributed by atoms with Crippen LogP contribution in [0.3, 0.4) is 0 Å². The lowest BCUT2D eigenvalue weighted by molar-refractivity contribution is 0.0732. The molecular weight excluding hydrogens is 601 g/mol. The fraction of sp³-hybridized carbons (Fsp3) is 0.156. The van der Waals surface area contributed by atoms with E-state index in [1.165, 1.54) is 0 Å². The Morgan fingerprint density at radius 3 is 0.898 bits per heavy atom. The standard InChI is InChI=1S/C45H38N2O2/c1-43(2,41-46-39(33-21-9-3-10-22-33)44(48-41,35-25-13-5-14-26-35)36-27-15-6-16-28-36)42-47-40(34-23-11-4-12-24-34)45(49-42,37-29-17-7-18-30-37)38-31-19-8-20-32-38/h3-32,39-40H,1-2H3/t39-,40-/m0/s1. The number of rotatable bonds is 8. The average Bonchev–Trinajstić information content (AvgIpc) is 3.80. The first-order chi connectivity index (χ1) is 24.0. The largest absolute Gasteiger partial charge is 0.461 e. The summed E-state index contributed by atoms with van der Waals surface area (Å²) in [4.78, 5) is 11.0. The molecule has 0 saturated heterocycles. The lowest BCUT2D eigenvalue weighted by Crippen LogP contribution is -2.42. The summed E-state index contributed by atoms with van der Waals surface area (Å²) in [6, 6.07) is 62.0. The van der Waals surface area contributed by atoms with Crippen molar-refractivity contribution in [1.82, 2.24) is 0 Å². The van der Waals surface area contributed by atoms with Crippen LogP contribution in [0, 0.1) is 5.41 Å². The van der Waals surface area contributed by atoms with E-state index in [0.29, 0.717) is 11.8 Å². The second kappa shape index (κ2) is 12.4. The van der Waals surface area contributed by atoms with Gasteiger partial charge in [-0.05, 0) is 25.0 Å². The van der Waals surface area contributed by atoms with Crippen LogP contribution in [0.25, 0.3) is 0 Å². The summed E-state index contributed by atoms with van der Waals surface area (Å²) in [5.74, 6) is 1.16. The van der Waals surface area contributed by atoms with Crippen molar-refractivity contribution < 1.29 is 9.47 Å². The van der Waals surface area contributed by atoms with Crippen LogP contribution in [0.4, 0.5) is 0 Å². The summed E-state index contributed by atoms with van der Waals surface area (Å²) >= 11 is 0. The first-order valence-corrected chi connectivity index (χ1v) is 16.9. The van der Waals surface area contributed by atoms with E-state index in [9.17, 15) is 0 Å². The lowest BCUT2D eigenvalue weighted by Gasteiger charge is -2.38. The molecule has 0 fully saturated rings. The fourth-order valence-corrected chi connectivity index (χ4v) is 7.39. The lowest BCUT2D eigenvalue weighted by atomic mass is 9.78. The van der Waals surface area contributed by atoms with Crippen LogP contribution in [0.5, 0.6) is 0 Å². The summed E-state index contributed by atoms with van der Waals surface area (Å²) in [6.07, 6.45) is 0. The molecule has 0 radical (unpaired) electrons. The van der Waals surface area contributed by atoms with E-state index >= 15 is 0 Å². The maximum Gasteiger partial charge on any atom is 0.200 e. The average molecular weight is 639 g/mol. The van der Waals surface area contributed by atoms with Crippen molar-refractivity contribution in [2.75, 3.05) is 0 Å². The van der Waals surface area contributed by atoms with Crippen LogP contribution in [-0.4, -0.2) is 11.8 Å². The van der Waals surface area contributed by atoms with Crippen molar-refractivity contribution >= 4 is 11.8 Å². The smallest absolute Gasteiger partial charge is 0.200 e. The van der Waals surface area contributed by atoms with Gasteiger partial charge in [-0.25, -0.2) is 9.98 Å². The Morgan fingerprint density at radius 1 is 0.388 bits per heavy atom. The second-order valence-electron chi connectivity index (χ2n) is 13.3. The molecule has 49 heavy (non-hydrogen) atoms. The highest BCUT2D eigenvalue weighted by Crippen LogP contribution is 2.56. The molecule has 2 heterocycles. The summed E-state index contributed by atoms with van der Waals surface area (Å²) in [5, 5.41) is 0. The van der Waals surface area contributed by atoms with Crippen LogP contribution >= 0.6 is 0 Å². The Labute approximate surface area is 288 Å². The van der Waals surface area contributed by atoms with Crippen molar-refractivity contribution in [3.8, 4) is 0 Å². The third kappa shape index (κ3) is 5.07. The molecule has 4 heteroatoms. The maximum absolute atomic E-state index is 7.38. The van der Waals surface area contributed by atoms with E-state index in [1.807, 2.05) is 36.4 Å². The molecule has 8 rings (SSSR count). The van der Waals surface area contributed by atoms with Gasteiger partial charge >= 0.3 is 0 Å². The predicted octanol–water partition coefficient (Wildman–Crippen LogP) is 10.2. The highest BCUT2D eigenvalue weighted by atomic mass is 16.5. The molecule has 0 aromatic heterocycles. The van der Waals surface area contributed by atoms with Crippen LogP contribution in [0.15, 0.2) is 192 Å². The van der Waals surface area contributed by atoms with Crippen LogP contribution in [0.2, 0.25) is 0 Å². The van der Waals surface area contributed by atoms with E-state index in [4.69, 9.17) is 19.5 Å². The Hall–Kier alpha value is -5.74. The van der Waals surface area contributed by atoms with Crippen molar-refractivity contribution in [3.63, 3.8) is 0 Å². The van der Waals surface area contributed by atoms with Gasteiger partial charge in [0.1, 0.15) is 17.5 Å². The highest BCUT2D eigenvalue weighted by Gasteiger charge is 2.58. The van der Waals surface area contributed by atoms with Gasteiger partial charge in [0.15, 0.2) is 11.2 Å². The van der Waals surface area contributed by atoms with Gasteiger partial charge in [-0.1, -0.05) is 182 Å². The van der Waals surface area contributed by atoms with Gasteiger partial charge in [-0.3, -0.25) is 0 Å². The van der Waals surface area contributed by atoms with E-state index in [-0.39, 0.29) is 12.1 Å². The van der Waals surface area contributed by atoms with Gasteiger partial charge in [-0.2, -0.15) is 0 Å². The molecule has 0 amide bonds. The van der Waals surface area contributed by atoms with Crippen LogP contribution in [0.1, 0.15) is 59.3 Å². The third-order valence-corrected chi connectivity index (χ3v) is 9.89. The molecule has 2 aliphatic heterocycles. The molecule has 6 aromatic rings. The Bertz CT molecular complexity index is 1850. The molecule has 2 atom stereocenters. The minimum atomic E-state index is -0.912. The zero-order valence-corrected chi connectivity index (χ0v) is 27.7. The van der Waals surface area contributed by atoms with Gasteiger partial charge in [0, 0.05) is 22.3 Å². The van der Waals surface area contributed by atoms with Crippen molar-refractivity contribution in [3.05, 3.63) is 215 Å². The minimum Gasteiger partial charge on any atom is -0.461 e. The summed E-state index contributed by atoms with van der Waals surface area (Å²) in [7, 11) is 0. The number of hydrogen-bond donors (Lipinski definition) is 0. The molecule has 2 aliphatic rings. The fourth-order valence-electron chi connectivity index (χ4n) is 7.39. The Morgan fingerprint density at radius 2 is 0.633 bits per heavy atom. The predicted molar refractivity (Wildman–Crippen MR) is 197 cm³/mol. The molecule has 4 nitrogen and oxygen atoms in total. The number of nitrogens with zero attached hydrogens (tertiary/aromatic N) is 2. The molecule has 6 aromatic carbocycles. The molecule has 0 unspecified atom stereocenters. The molecule has 0 aliphatic carbocycles. The molecular formula is C45H38N2O2. The topological polar surface area (TPSA) is 43.2 Å². The Balaban J connectivity index is 1.31. The first kappa shape index (κ1) is 30.6. The van der Waals surface area contributed by atoms with E-state index in [1.54, 1.807) is 0 Å². The molecule has 0 saturated carbocycles. The summed E-state index contributed by atoms with van der Waals surface area (Å²) < 4.78 is 14.8. The van der Waals surface area contributed by atoms with E-state index in [0.717, 1.165) is 33.4 Å². The van der Waals surface area contributed by atoms with Gasteiger partial charge in [0.25, 0.3) is 0 Å². The highest BCUT2D eigenvalue weighted by molar-refractivity contribution is 6.06. The van der Waals surface area contributed by atoms with Crippen molar-refractivity contribution in [2.45, 2.75) is 37.1 Å². The SMILES string of the molecule is CC(C)(C1=N[C@@H](c2ccccc2)C(c2ccccc2)(c2ccccc2)O1)C1=N[C@@H](c2ccccc2)C(c2ccccc2)(c2ccccc2)O1. The van der Waals surface area contributed by atoms with Gasteiger partial charge in [-0.15, -0.1) is 0 Å². The quantitative estimate of drug-likeness (QED) is 0.167. The molecule has 0 spiro atoms. The first-order valence-electron chi connectivity index (χ1n) is 16.9. The monoisotopic (exact) mass is 638 g/mol. The number of hydrogen-bond acceptors (Lipinski definition) is 4. The second-order valence-corrected chi connectivity index (χ2v) is 13.3. The van der Waals surface area contributed by atoms with E-state index in [2.05, 4.69) is 159 Å². The minimum absolute atomic E-state index is 0.354. The zero-order chi connectivity index (χ0) is 33.3. The van der Waals surface area contributed by atoms with Crippen LogP contribution in [-0.2, 0) is 20.7 Å². The maximum atomic E-state index is 7.38. The zero-order valence-electron chi connectivity index (χ0n) is 27.7. The van der Waals surface area contributed by atoms with Gasteiger partial charge < -0.3 is 9.47 Å². The molecule has 0 N–H and O–H groups in total. The molecule has 0 bridgehead atoms. The normalized spacial score (nSPS) is 19.3. The summed E-state index contributed by atoms with van der Waals surface area (Å²) in [5.41, 5.74) is 3.60. The van der Waals surface area contributed by atoms with Crippen LogP contribution < -0.4 is 0 Å². The summed E-state index contributed by atoms with van der Waals surface area (Å²) in [6.45, 7) is 4.24.